The van der Waals surface area contributed by atoms with Gasteiger partial charge in [-0.2, -0.15) is 0 Å². The van der Waals surface area contributed by atoms with Gasteiger partial charge in [-0.3, -0.25) is 9.69 Å². The van der Waals surface area contributed by atoms with Crippen LogP contribution in [0.4, 0.5) is 0 Å². The number of hydrogen-bond acceptors (Lipinski definition) is 4. The quantitative estimate of drug-likeness (QED) is 0.593. The molecule has 1 saturated heterocycles. The zero-order chi connectivity index (χ0) is 9.84. The maximum atomic E-state index is 10.3. The molecular weight excluding hydrogens is 210 g/mol. The van der Waals surface area contributed by atoms with E-state index in [1.807, 2.05) is 0 Å². The number of likely N-dealkylation sites (tertiary alicyclic amines) is 1. The molecule has 2 atom stereocenters. The molecule has 1 aliphatic heterocycles. The summed E-state index contributed by atoms with van der Waals surface area (Å²) in [5.41, 5.74) is 0. The minimum atomic E-state index is -0.852. The van der Waals surface area contributed by atoms with Crippen molar-refractivity contribution in [2.75, 3.05) is 19.6 Å². The van der Waals surface area contributed by atoms with Crippen molar-refractivity contribution in [3.63, 3.8) is 0 Å². The van der Waals surface area contributed by atoms with Crippen molar-refractivity contribution in [1.82, 2.24) is 4.90 Å². The van der Waals surface area contributed by atoms with Crippen LogP contribution in [0.25, 0.3) is 0 Å². The summed E-state index contributed by atoms with van der Waals surface area (Å²) in [6, 6.07) is 0. The Morgan fingerprint density at radius 1 is 1.29 bits per heavy atom. The van der Waals surface area contributed by atoms with Crippen LogP contribution in [-0.4, -0.2) is 58.0 Å². The standard InChI is InChI=1S/C8H15NO4.ClH/c10-6-3-7(11)5-9(4-6)2-1-8(12)13;/h6-7,10-11H,1-5H2,(H,12,13);1H/t6-,7+;. The van der Waals surface area contributed by atoms with E-state index in [0.29, 0.717) is 26.1 Å². The van der Waals surface area contributed by atoms with E-state index in [4.69, 9.17) is 5.11 Å². The van der Waals surface area contributed by atoms with Crippen LogP contribution in [0.3, 0.4) is 0 Å². The van der Waals surface area contributed by atoms with Gasteiger partial charge in [-0.25, -0.2) is 0 Å². The monoisotopic (exact) mass is 225 g/mol. The van der Waals surface area contributed by atoms with E-state index in [0.717, 1.165) is 0 Å². The number of aliphatic hydroxyl groups is 2. The topological polar surface area (TPSA) is 81.0 Å². The Bertz CT molecular complexity index is 180. The SMILES string of the molecule is Cl.O=C(O)CCN1C[C@H](O)C[C@H](O)C1. The molecule has 6 heteroatoms. The summed E-state index contributed by atoms with van der Waals surface area (Å²) in [5, 5.41) is 27.0. The Balaban J connectivity index is 0.00000169. The minimum Gasteiger partial charge on any atom is -0.481 e. The number of carboxylic acids is 1. The summed E-state index contributed by atoms with van der Waals surface area (Å²) < 4.78 is 0. The van der Waals surface area contributed by atoms with Crippen molar-refractivity contribution in [2.24, 2.45) is 0 Å². The van der Waals surface area contributed by atoms with Crippen molar-refractivity contribution in [3.8, 4) is 0 Å². The number of carbonyl (C=O) groups is 1. The van der Waals surface area contributed by atoms with Crippen LogP contribution in [0.15, 0.2) is 0 Å². The summed E-state index contributed by atoms with van der Waals surface area (Å²) in [5.74, 6) is -0.852. The summed E-state index contributed by atoms with van der Waals surface area (Å²) in [6.07, 6.45) is -0.613. The molecule has 1 rings (SSSR count). The average Bonchev–Trinajstić information content (AvgIpc) is 1.99. The normalized spacial score (nSPS) is 28.1. The van der Waals surface area contributed by atoms with Gasteiger partial charge < -0.3 is 15.3 Å². The third-order valence-electron chi connectivity index (χ3n) is 2.12. The van der Waals surface area contributed by atoms with E-state index in [1.165, 1.54) is 0 Å². The highest BCUT2D eigenvalue weighted by atomic mass is 35.5. The number of piperidine rings is 1. The zero-order valence-corrected chi connectivity index (χ0v) is 8.61. The third-order valence-corrected chi connectivity index (χ3v) is 2.12. The number of β-amino-alcohol motifs (C(OH)–C–C–N with tert-alkyl or cyclic N) is 2. The number of halogens is 1. The zero-order valence-electron chi connectivity index (χ0n) is 7.80. The molecule has 14 heavy (non-hydrogen) atoms. The lowest BCUT2D eigenvalue weighted by atomic mass is 10.1. The number of aliphatic carboxylic acids is 1. The van der Waals surface area contributed by atoms with Crippen LogP contribution in [0, 0.1) is 0 Å². The van der Waals surface area contributed by atoms with E-state index in [2.05, 4.69) is 0 Å². The molecule has 0 aromatic rings. The fourth-order valence-corrected chi connectivity index (χ4v) is 1.57. The first kappa shape index (κ1) is 13.6. The first-order valence-electron chi connectivity index (χ1n) is 4.38. The third kappa shape index (κ3) is 4.76. The molecule has 0 unspecified atom stereocenters. The fraction of sp³-hybridized carbons (Fsp3) is 0.875. The molecule has 3 N–H and O–H groups in total. The van der Waals surface area contributed by atoms with Crippen LogP contribution in [0.5, 0.6) is 0 Å². The highest BCUT2D eigenvalue weighted by molar-refractivity contribution is 5.85. The number of nitrogens with zero attached hydrogens (tertiary/aromatic N) is 1. The molecule has 0 radical (unpaired) electrons. The van der Waals surface area contributed by atoms with Crippen molar-refractivity contribution in [2.45, 2.75) is 25.0 Å². The van der Waals surface area contributed by atoms with Crippen LogP contribution < -0.4 is 0 Å². The molecule has 0 amide bonds. The molecule has 0 bridgehead atoms. The smallest absolute Gasteiger partial charge is 0.304 e. The fourth-order valence-electron chi connectivity index (χ4n) is 1.57. The largest absolute Gasteiger partial charge is 0.481 e. The lowest BCUT2D eigenvalue weighted by molar-refractivity contribution is -0.137. The second kappa shape index (κ2) is 6.19. The van der Waals surface area contributed by atoms with E-state index in [9.17, 15) is 15.0 Å². The maximum Gasteiger partial charge on any atom is 0.304 e. The van der Waals surface area contributed by atoms with Crippen molar-refractivity contribution < 1.29 is 20.1 Å². The molecule has 0 aromatic carbocycles. The van der Waals surface area contributed by atoms with Crippen LogP contribution in [0.1, 0.15) is 12.8 Å². The molecule has 0 aliphatic carbocycles. The van der Waals surface area contributed by atoms with Gasteiger partial charge in [0.15, 0.2) is 0 Å². The molecular formula is C8H16ClNO4. The molecule has 0 spiro atoms. The van der Waals surface area contributed by atoms with Gasteiger partial charge in [0, 0.05) is 26.1 Å². The van der Waals surface area contributed by atoms with Gasteiger partial charge in [0.05, 0.1) is 18.6 Å². The Hall–Kier alpha value is -0.360. The van der Waals surface area contributed by atoms with E-state index in [1.54, 1.807) is 4.90 Å². The minimum absolute atomic E-state index is 0. The van der Waals surface area contributed by atoms with Crippen molar-refractivity contribution in [3.05, 3.63) is 0 Å². The lowest BCUT2D eigenvalue weighted by Gasteiger charge is -2.32. The number of rotatable bonds is 3. The van der Waals surface area contributed by atoms with E-state index in [-0.39, 0.29) is 18.8 Å². The first-order chi connectivity index (χ1) is 6.08. The predicted octanol–water partition coefficient (Wildman–Crippen LogP) is -0.690. The van der Waals surface area contributed by atoms with Crippen LogP contribution in [-0.2, 0) is 4.79 Å². The highest BCUT2D eigenvalue weighted by Gasteiger charge is 2.24. The second-order valence-corrected chi connectivity index (χ2v) is 3.45. The van der Waals surface area contributed by atoms with Gasteiger partial charge in [-0.05, 0) is 0 Å². The van der Waals surface area contributed by atoms with Gasteiger partial charge in [0.1, 0.15) is 0 Å². The van der Waals surface area contributed by atoms with Gasteiger partial charge in [0.25, 0.3) is 0 Å². The Morgan fingerprint density at radius 3 is 2.21 bits per heavy atom. The molecule has 0 aromatic heterocycles. The maximum absolute atomic E-state index is 10.3. The number of carboxylic acid groups (broad SMARTS) is 1. The molecule has 1 heterocycles. The number of aliphatic hydroxyl groups excluding tert-OH is 2. The summed E-state index contributed by atoms with van der Waals surface area (Å²) in [7, 11) is 0. The number of hydrogen-bond donors (Lipinski definition) is 3. The van der Waals surface area contributed by atoms with Crippen molar-refractivity contribution in [1.29, 1.82) is 0 Å². The first-order valence-corrected chi connectivity index (χ1v) is 4.38. The lowest BCUT2D eigenvalue weighted by Crippen LogP contribution is -2.46. The summed E-state index contributed by atoms with van der Waals surface area (Å²) in [4.78, 5) is 12.0. The second-order valence-electron chi connectivity index (χ2n) is 3.45. The highest BCUT2D eigenvalue weighted by Crippen LogP contribution is 2.10. The molecule has 5 nitrogen and oxygen atoms in total. The van der Waals surface area contributed by atoms with Crippen molar-refractivity contribution >= 4 is 18.4 Å². The Morgan fingerprint density at radius 2 is 1.79 bits per heavy atom. The Kier molecular flexibility index (Phi) is 6.03. The molecule has 84 valence electrons. The van der Waals surface area contributed by atoms with Crippen LogP contribution >= 0.6 is 12.4 Å². The van der Waals surface area contributed by atoms with Gasteiger partial charge in [-0.1, -0.05) is 0 Å². The van der Waals surface area contributed by atoms with E-state index >= 15 is 0 Å². The van der Waals surface area contributed by atoms with Gasteiger partial charge in [0.2, 0.25) is 0 Å². The molecule has 1 aliphatic rings. The predicted molar refractivity (Wildman–Crippen MR) is 52.6 cm³/mol. The summed E-state index contributed by atoms with van der Waals surface area (Å²) >= 11 is 0. The molecule has 0 saturated carbocycles. The van der Waals surface area contributed by atoms with Gasteiger partial charge in [-0.15, -0.1) is 12.4 Å². The Labute approximate surface area is 88.7 Å². The average molecular weight is 226 g/mol. The summed E-state index contributed by atoms with van der Waals surface area (Å²) in [6.45, 7) is 1.32. The van der Waals surface area contributed by atoms with Gasteiger partial charge >= 0.3 is 5.97 Å². The van der Waals surface area contributed by atoms with Crippen LogP contribution in [0.2, 0.25) is 0 Å². The van der Waals surface area contributed by atoms with E-state index < -0.39 is 18.2 Å². The molecule has 1 fully saturated rings.